The third kappa shape index (κ3) is 3.00. The molecule has 0 radical (unpaired) electrons. The van der Waals surface area contributed by atoms with Gasteiger partial charge in [-0.05, 0) is 6.92 Å². The van der Waals surface area contributed by atoms with Crippen LogP contribution in [0.2, 0.25) is 0 Å². The van der Waals surface area contributed by atoms with Gasteiger partial charge in [-0.15, -0.1) is 0 Å². The molecule has 0 aromatic carbocycles. The number of carbonyl (C=O) groups excluding carboxylic acids is 2. The number of hydrogen-bond donors (Lipinski definition) is 1. The van der Waals surface area contributed by atoms with Crippen LogP contribution in [0.1, 0.15) is 6.92 Å². The summed E-state index contributed by atoms with van der Waals surface area (Å²) in [5.41, 5.74) is 0. The van der Waals surface area contributed by atoms with Crippen molar-refractivity contribution in [2.45, 2.75) is 13.0 Å². The molecule has 0 aromatic rings. The third-order valence-electron chi connectivity index (χ3n) is 3.83. The van der Waals surface area contributed by atoms with Crippen LogP contribution in [0.5, 0.6) is 0 Å². The molecular formula is C12H22N4O2. The number of carbonyl (C=O) groups is 2. The van der Waals surface area contributed by atoms with Gasteiger partial charge in [0.2, 0.25) is 12.3 Å². The standard InChI is InChI=1S/C12H22N4O2/c1-11(15-4-2-13-3-5-15)12(18)16-8-6-14(10-17)7-9-16/h10-11,13H,2-9H2,1H3. The molecule has 0 saturated carbocycles. The van der Waals surface area contributed by atoms with E-state index in [2.05, 4.69) is 10.2 Å². The van der Waals surface area contributed by atoms with Gasteiger partial charge in [0.1, 0.15) is 0 Å². The minimum Gasteiger partial charge on any atom is -0.342 e. The maximum atomic E-state index is 12.3. The molecule has 0 aromatic heterocycles. The molecule has 2 amide bonds. The molecule has 2 fully saturated rings. The van der Waals surface area contributed by atoms with E-state index in [1.54, 1.807) is 4.90 Å². The van der Waals surface area contributed by atoms with Crippen LogP contribution < -0.4 is 5.32 Å². The second-order valence-electron chi connectivity index (χ2n) is 4.93. The summed E-state index contributed by atoms with van der Waals surface area (Å²) >= 11 is 0. The maximum absolute atomic E-state index is 12.3. The highest BCUT2D eigenvalue weighted by atomic mass is 16.2. The quantitative estimate of drug-likeness (QED) is 0.628. The van der Waals surface area contributed by atoms with Gasteiger partial charge in [0, 0.05) is 52.4 Å². The third-order valence-corrected chi connectivity index (χ3v) is 3.83. The summed E-state index contributed by atoms with van der Waals surface area (Å²) in [7, 11) is 0. The Morgan fingerprint density at radius 3 is 2.28 bits per heavy atom. The number of rotatable bonds is 3. The van der Waals surface area contributed by atoms with Crippen LogP contribution in [-0.2, 0) is 9.59 Å². The number of nitrogens with zero attached hydrogens (tertiary/aromatic N) is 3. The molecular weight excluding hydrogens is 232 g/mol. The van der Waals surface area contributed by atoms with Crippen molar-refractivity contribution in [1.29, 1.82) is 0 Å². The van der Waals surface area contributed by atoms with E-state index in [0.29, 0.717) is 26.2 Å². The molecule has 6 heteroatoms. The molecule has 1 unspecified atom stereocenters. The van der Waals surface area contributed by atoms with E-state index in [9.17, 15) is 9.59 Å². The SMILES string of the molecule is CC(C(=O)N1CCN(C=O)CC1)N1CCNCC1. The van der Waals surface area contributed by atoms with Crippen molar-refractivity contribution in [2.24, 2.45) is 0 Å². The minimum atomic E-state index is -0.0464. The van der Waals surface area contributed by atoms with Gasteiger partial charge in [-0.3, -0.25) is 14.5 Å². The summed E-state index contributed by atoms with van der Waals surface area (Å²) < 4.78 is 0. The monoisotopic (exact) mass is 254 g/mol. The van der Waals surface area contributed by atoms with E-state index in [1.807, 2.05) is 11.8 Å². The second kappa shape index (κ2) is 6.15. The van der Waals surface area contributed by atoms with Crippen LogP contribution in [0.15, 0.2) is 0 Å². The van der Waals surface area contributed by atoms with Crippen molar-refractivity contribution in [3.05, 3.63) is 0 Å². The number of amides is 2. The van der Waals surface area contributed by atoms with Gasteiger partial charge < -0.3 is 15.1 Å². The normalized spacial score (nSPS) is 23.8. The predicted molar refractivity (Wildman–Crippen MR) is 68.1 cm³/mol. The summed E-state index contributed by atoms with van der Waals surface area (Å²) in [5.74, 6) is 0.197. The highest BCUT2D eigenvalue weighted by Gasteiger charge is 2.28. The van der Waals surface area contributed by atoms with Gasteiger partial charge in [-0.2, -0.15) is 0 Å². The molecule has 2 aliphatic rings. The first-order chi connectivity index (χ1) is 8.72. The van der Waals surface area contributed by atoms with Gasteiger partial charge in [-0.1, -0.05) is 0 Å². The first kappa shape index (κ1) is 13.3. The summed E-state index contributed by atoms with van der Waals surface area (Å²) in [6, 6.07) is -0.0464. The van der Waals surface area contributed by atoms with Crippen LogP contribution in [0.4, 0.5) is 0 Å². The topological polar surface area (TPSA) is 55.9 Å². The molecule has 1 atom stereocenters. The highest BCUT2D eigenvalue weighted by Crippen LogP contribution is 2.08. The van der Waals surface area contributed by atoms with Crippen LogP contribution >= 0.6 is 0 Å². The van der Waals surface area contributed by atoms with Crippen LogP contribution in [0, 0.1) is 0 Å². The van der Waals surface area contributed by atoms with Crippen molar-refractivity contribution in [3.8, 4) is 0 Å². The average Bonchev–Trinajstić information content (AvgIpc) is 2.47. The molecule has 0 bridgehead atoms. The largest absolute Gasteiger partial charge is 0.342 e. The molecule has 2 saturated heterocycles. The summed E-state index contributed by atoms with van der Waals surface area (Å²) in [6.45, 7) is 8.39. The van der Waals surface area contributed by atoms with Gasteiger partial charge >= 0.3 is 0 Å². The van der Waals surface area contributed by atoms with Gasteiger partial charge in [0.25, 0.3) is 0 Å². The molecule has 102 valence electrons. The van der Waals surface area contributed by atoms with Gasteiger partial charge in [0.15, 0.2) is 0 Å². The molecule has 18 heavy (non-hydrogen) atoms. The lowest BCUT2D eigenvalue weighted by Gasteiger charge is -2.38. The average molecular weight is 254 g/mol. The fourth-order valence-corrected chi connectivity index (χ4v) is 2.54. The van der Waals surface area contributed by atoms with E-state index in [1.165, 1.54) is 0 Å². The maximum Gasteiger partial charge on any atom is 0.239 e. The predicted octanol–water partition coefficient (Wildman–Crippen LogP) is -1.42. The van der Waals surface area contributed by atoms with Crippen LogP contribution in [0.3, 0.4) is 0 Å². The Labute approximate surface area is 108 Å². The Hall–Kier alpha value is -1.14. The Morgan fingerprint density at radius 1 is 1.11 bits per heavy atom. The minimum absolute atomic E-state index is 0.0464. The molecule has 0 aliphatic carbocycles. The Kier molecular flexibility index (Phi) is 4.54. The van der Waals surface area contributed by atoms with Gasteiger partial charge in [0.05, 0.1) is 6.04 Å². The fraction of sp³-hybridized carbons (Fsp3) is 0.833. The molecule has 0 spiro atoms. The zero-order valence-electron chi connectivity index (χ0n) is 11.0. The molecule has 2 heterocycles. The fourth-order valence-electron chi connectivity index (χ4n) is 2.54. The van der Waals surface area contributed by atoms with Crippen LogP contribution in [0.25, 0.3) is 0 Å². The van der Waals surface area contributed by atoms with E-state index in [4.69, 9.17) is 0 Å². The first-order valence-electron chi connectivity index (χ1n) is 6.65. The Balaban J connectivity index is 1.84. The molecule has 2 aliphatic heterocycles. The van der Waals surface area contributed by atoms with Crippen molar-refractivity contribution in [3.63, 3.8) is 0 Å². The van der Waals surface area contributed by atoms with Crippen molar-refractivity contribution >= 4 is 12.3 Å². The van der Waals surface area contributed by atoms with Crippen molar-refractivity contribution < 1.29 is 9.59 Å². The zero-order chi connectivity index (χ0) is 13.0. The Morgan fingerprint density at radius 2 is 1.72 bits per heavy atom. The van der Waals surface area contributed by atoms with E-state index in [0.717, 1.165) is 32.6 Å². The summed E-state index contributed by atoms with van der Waals surface area (Å²) in [6.07, 6.45) is 0.863. The van der Waals surface area contributed by atoms with E-state index in [-0.39, 0.29) is 11.9 Å². The molecule has 6 nitrogen and oxygen atoms in total. The van der Waals surface area contributed by atoms with Gasteiger partial charge in [-0.25, -0.2) is 0 Å². The lowest BCUT2D eigenvalue weighted by atomic mass is 10.2. The summed E-state index contributed by atoms with van der Waals surface area (Å²) in [5, 5.41) is 3.29. The number of nitrogens with one attached hydrogen (secondary N) is 1. The van der Waals surface area contributed by atoms with Crippen LogP contribution in [-0.4, -0.2) is 85.4 Å². The van der Waals surface area contributed by atoms with E-state index >= 15 is 0 Å². The zero-order valence-corrected chi connectivity index (χ0v) is 11.0. The lowest BCUT2D eigenvalue weighted by molar-refractivity contribution is -0.140. The molecule has 1 N–H and O–H groups in total. The first-order valence-corrected chi connectivity index (χ1v) is 6.65. The number of piperazine rings is 2. The smallest absolute Gasteiger partial charge is 0.239 e. The number of hydrogen-bond acceptors (Lipinski definition) is 4. The van der Waals surface area contributed by atoms with Crippen molar-refractivity contribution in [1.82, 2.24) is 20.0 Å². The lowest BCUT2D eigenvalue weighted by Crippen LogP contribution is -2.56. The Bertz CT molecular complexity index is 296. The van der Waals surface area contributed by atoms with Crippen molar-refractivity contribution in [2.75, 3.05) is 52.4 Å². The highest BCUT2D eigenvalue weighted by molar-refractivity contribution is 5.81. The second-order valence-corrected chi connectivity index (χ2v) is 4.93. The van der Waals surface area contributed by atoms with E-state index < -0.39 is 0 Å². The summed E-state index contributed by atoms with van der Waals surface area (Å²) in [4.78, 5) is 28.8. The molecule has 2 rings (SSSR count).